The molecule has 1 saturated heterocycles. The lowest BCUT2D eigenvalue weighted by molar-refractivity contribution is 0.0734. The SMILES string of the molecule is COc1cccc2c(C)c(C(=O)N3C[C@@H]4C(CF)[C@@H]4C3)oc12. The predicted molar refractivity (Wildman–Crippen MR) is 79.9 cm³/mol. The molecule has 22 heavy (non-hydrogen) atoms. The first-order valence-corrected chi connectivity index (χ1v) is 7.57. The first-order chi connectivity index (χ1) is 10.7. The summed E-state index contributed by atoms with van der Waals surface area (Å²) in [5.74, 6) is 1.75. The van der Waals surface area contributed by atoms with Crippen molar-refractivity contribution in [3.05, 3.63) is 29.5 Å². The average Bonchev–Trinajstić information content (AvgIpc) is 2.86. The normalized spacial score (nSPS) is 26.3. The lowest BCUT2D eigenvalue weighted by Crippen LogP contribution is -2.31. The first-order valence-electron chi connectivity index (χ1n) is 7.57. The number of ether oxygens (including phenoxy) is 1. The van der Waals surface area contributed by atoms with Gasteiger partial charge in [0.2, 0.25) is 0 Å². The van der Waals surface area contributed by atoms with E-state index in [0.717, 1.165) is 10.9 Å². The molecule has 2 aromatic rings. The van der Waals surface area contributed by atoms with Crippen molar-refractivity contribution in [2.24, 2.45) is 17.8 Å². The fraction of sp³-hybridized carbons (Fsp3) is 0.471. The Morgan fingerprint density at radius 2 is 2.14 bits per heavy atom. The standard InChI is InChI=1S/C17H18FNO3/c1-9-10-4-3-5-14(21-2)16(10)22-15(9)17(20)19-7-12-11(6-18)13(12)8-19/h3-5,11-13H,6-8H2,1-2H3/t11?,12-,13+. The summed E-state index contributed by atoms with van der Waals surface area (Å²) in [6.07, 6.45) is 0. The van der Waals surface area contributed by atoms with Crippen LogP contribution in [0.15, 0.2) is 22.6 Å². The summed E-state index contributed by atoms with van der Waals surface area (Å²) in [5.41, 5.74) is 1.44. The molecule has 2 aliphatic rings. The number of furan rings is 1. The molecular weight excluding hydrogens is 285 g/mol. The second-order valence-electron chi connectivity index (χ2n) is 6.25. The molecule has 1 saturated carbocycles. The molecule has 2 heterocycles. The number of para-hydroxylation sites is 1. The number of rotatable bonds is 3. The zero-order valence-corrected chi connectivity index (χ0v) is 12.6. The lowest BCUT2D eigenvalue weighted by Gasteiger charge is -2.18. The van der Waals surface area contributed by atoms with E-state index in [1.165, 1.54) is 0 Å². The van der Waals surface area contributed by atoms with Crippen molar-refractivity contribution in [1.82, 2.24) is 4.90 Å². The van der Waals surface area contributed by atoms with E-state index in [2.05, 4.69) is 0 Å². The third-order valence-corrected chi connectivity index (χ3v) is 5.18. The van der Waals surface area contributed by atoms with Gasteiger partial charge < -0.3 is 14.1 Å². The van der Waals surface area contributed by atoms with Crippen molar-refractivity contribution in [2.45, 2.75) is 6.92 Å². The van der Waals surface area contributed by atoms with Crippen LogP contribution in [0.3, 0.4) is 0 Å². The fourth-order valence-electron chi connectivity index (χ4n) is 3.77. The molecule has 1 aromatic heterocycles. The quantitative estimate of drug-likeness (QED) is 0.875. The van der Waals surface area contributed by atoms with Gasteiger partial charge in [0.05, 0.1) is 13.8 Å². The Balaban J connectivity index is 1.64. The van der Waals surface area contributed by atoms with E-state index in [0.29, 0.717) is 42.0 Å². The van der Waals surface area contributed by atoms with Crippen LogP contribution in [0.1, 0.15) is 16.1 Å². The van der Waals surface area contributed by atoms with Gasteiger partial charge in [-0.2, -0.15) is 0 Å². The van der Waals surface area contributed by atoms with E-state index >= 15 is 0 Å². The number of fused-ring (bicyclic) bond motifs is 2. The monoisotopic (exact) mass is 303 g/mol. The Kier molecular flexibility index (Phi) is 2.93. The van der Waals surface area contributed by atoms with Crippen molar-refractivity contribution in [1.29, 1.82) is 0 Å². The molecule has 0 spiro atoms. The molecular formula is C17H18FNO3. The molecule has 0 N–H and O–H groups in total. The number of benzene rings is 1. The van der Waals surface area contributed by atoms with Gasteiger partial charge in [-0.1, -0.05) is 12.1 Å². The van der Waals surface area contributed by atoms with E-state index < -0.39 is 0 Å². The Morgan fingerprint density at radius 1 is 1.41 bits per heavy atom. The summed E-state index contributed by atoms with van der Waals surface area (Å²) in [6.45, 7) is 2.91. The summed E-state index contributed by atoms with van der Waals surface area (Å²) in [7, 11) is 1.58. The van der Waals surface area contributed by atoms with Gasteiger partial charge in [0, 0.05) is 24.0 Å². The number of carbonyl (C=O) groups is 1. The molecule has 4 rings (SSSR count). The number of aryl methyl sites for hydroxylation is 1. The zero-order chi connectivity index (χ0) is 15.4. The smallest absolute Gasteiger partial charge is 0.289 e. The number of alkyl halides is 1. The predicted octanol–water partition coefficient (Wildman–Crippen LogP) is 3.04. The zero-order valence-electron chi connectivity index (χ0n) is 12.6. The van der Waals surface area contributed by atoms with E-state index in [4.69, 9.17) is 9.15 Å². The molecule has 4 nitrogen and oxygen atoms in total. The number of methoxy groups -OCH3 is 1. The van der Waals surface area contributed by atoms with Gasteiger partial charge in [-0.3, -0.25) is 9.18 Å². The van der Waals surface area contributed by atoms with Crippen LogP contribution < -0.4 is 4.74 Å². The summed E-state index contributed by atoms with van der Waals surface area (Å²) in [5, 5.41) is 0.897. The topological polar surface area (TPSA) is 42.7 Å². The Labute approximate surface area is 127 Å². The summed E-state index contributed by atoms with van der Waals surface area (Å²) in [4.78, 5) is 14.5. The van der Waals surface area contributed by atoms with E-state index in [9.17, 15) is 9.18 Å². The third-order valence-electron chi connectivity index (χ3n) is 5.18. The Bertz CT molecular complexity index is 742. The number of amides is 1. The Hall–Kier alpha value is -2.04. The first kappa shape index (κ1) is 13.6. The van der Waals surface area contributed by atoms with Gasteiger partial charge >= 0.3 is 0 Å². The number of nitrogens with zero attached hydrogens (tertiary/aromatic N) is 1. The minimum absolute atomic E-state index is 0.0967. The maximum Gasteiger partial charge on any atom is 0.289 e. The minimum Gasteiger partial charge on any atom is -0.493 e. The number of piperidine rings is 1. The molecule has 1 amide bonds. The lowest BCUT2D eigenvalue weighted by atomic mass is 10.1. The molecule has 3 atom stereocenters. The third kappa shape index (κ3) is 1.77. The largest absolute Gasteiger partial charge is 0.493 e. The molecule has 2 fully saturated rings. The van der Waals surface area contributed by atoms with Crippen molar-refractivity contribution in [2.75, 3.05) is 26.9 Å². The summed E-state index contributed by atoms with van der Waals surface area (Å²) >= 11 is 0. The number of carbonyl (C=O) groups excluding carboxylic acids is 1. The highest BCUT2D eigenvalue weighted by Crippen LogP contribution is 2.52. The average molecular weight is 303 g/mol. The molecule has 116 valence electrons. The van der Waals surface area contributed by atoms with Crippen LogP contribution in [0.5, 0.6) is 5.75 Å². The van der Waals surface area contributed by atoms with Crippen LogP contribution in [-0.4, -0.2) is 37.7 Å². The maximum absolute atomic E-state index is 12.7. The number of hydrogen-bond donors (Lipinski definition) is 0. The molecule has 0 bridgehead atoms. The van der Waals surface area contributed by atoms with Crippen molar-refractivity contribution in [3.8, 4) is 5.75 Å². The highest BCUT2D eigenvalue weighted by molar-refractivity contribution is 6.00. The molecule has 1 aliphatic carbocycles. The van der Waals surface area contributed by atoms with Gasteiger partial charge in [0.25, 0.3) is 5.91 Å². The van der Waals surface area contributed by atoms with Crippen LogP contribution in [0.2, 0.25) is 0 Å². The van der Waals surface area contributed by atoms with Gasteiger partial charge in [0.1, 0.15) is 0 Å². The molecule has 1 aliphatic heterocycles. The van der Waals surface area contributed by atoms with Gasteiger partial charge in [-0.15, -0.1) is 0 Å². The van der Waals surface area contributed by atoms with Gasteiger partial charge in [0.15, 0.2) is 17.1 Å². The highest BCUT2D eigenvalue weighted by Gasteiger charge is 2.56. The van der Waals surface area contributed by atoms with E-state index in [1.807, 2.05) is 25.1 Å². The summed E-state index contributed by atoms with van der Waals surface area (Å²) in [6, 6.07) is 5.62. The minimum atomic E-state index is -0.266. The summed E-state index contributed by atoms with van der Waals surface area (Å²) < 4.78 is 23.8. The van der Waals surface area contributed by atoms with Gasteiger partial charge in [-0.25, -0.2) is 0 Å². The van der Waals surface area contributed by atoms with Crippen molar-refractivity contribution < 1.29 is 18.3 Å². The second kappa shape index (κ2) is 4.73. The van der Waals surface area contributed by atoms with Crippen LogP contribution in [-0.2, 0) is 0 Å². The number of halogens is 1. The van der Waals surface area contributed by atoms with Crippen LogP contribution in [0.4, 0.5) is 4.39 Å². The van der Waals surface area contributed by atoms with E-state index in [-0.39, 0.29) is 18.5 Å². The maximum atomic E-state index is 12.7. The Morgan fingerprint density at radius 3 is 2.77 bits per heavy atom. The molecule has 1 unspecified atom stereocenters. The fourth-order valence-corrected chi connectivity index (χ4v) is 3.77. The molecule has 1 aromatic carbocycles. The van der Waals surface area contributed by atoms with Crippen molar-refractivity contribution in [3.63, 3.8) is 0 Å². The second-order valence-corrected chi connectivity index (χ2v) is 6.25. The molecule has 5 heteroatoms. The molecule has 0 radical (unpaired) electrons. The van der Waals surface area contributed by atoms with Crippen LogP contribution >= 0.6 is 0 Å². The van der Waals surface area contributed by atoms with Gasteiger partial charge in [-0.05, 0) is 30.7 Å². The number of hydrogen-bond acceptors (Lipinski definition) is 3. The van der Waals surface area contributed by atoms with Crippen molar-refractivity contribution >= 4 is 16.9 Å². The van der Waals surface area contributed by atoms with E-state index in [1.54, 1.807) is 12.0 Å². The highest BCUT2D eigenvalue weighted by atomic mass is 19.1. The van der Waals surface area contributed by atoms with Crippen LogP contribution in [0.25, 0.3) is 11.0 Å². The number of likely N-dealkylation sites (tertiary alicyclic amines) is 1. The van der Waals surface area contributed by atoms with Crippen LogP contribution in [0, 0.1) is 24.7 Å².